The van der Waals surface area contributed by atoms with E-state index in [0.717, 1.165) is 11.0 Å². The number of primary amides is 1. The summed E-state index contributed by atoms with van der Waals surface area (Å²) in [6.07, 6.45) is -2.45. The van der Waals surface area contributed by atoms with Crippen LogP contribution in [0.5, 0.6) is 0 Å². The lowest BCUT2D eigenvalue weighted by Gasteiger charge is -2.14. The zero-order valence-electron chi connectivity index (χ0n) is 12.0. The Kier molecular flexibility index (Phi) is 5.06. The number of aliphatic hydroxyl groups is 2. The summed E-state index contributed by atoms with van der Waals surface area (Å²) in [5, 5.41) is 23.7. The number of nitrogens with zero attached hydrogens (tertiary/aromatic N) is 3. The SMILES string of the molecule is CCCC(=O)OC[C@H]1O[C@H](n2cnc(C(N)=O)n2)[C@@H](O)[C@@H]1O. The third kappa shape index (κ3) is 3.40. The fourth-order valence-electron chi connectivity index (χ4n) is 2.05. The number of nitrogens with two attached hydrogens (primary N) is 1. The normalized spacial score (nSPS) is 27.8. The molecule has 2 rings (SSSR count). The van der Waals surface area contributed by atoms with E-state index in [1.165, 1.54) is 0 Å². The minimum atomic E-state index is -1.31. The highest BCUT2D eigenvalue weighted by Gasteiger charge is 2.44. The molecule has 1 aliphatic heterocycles. The van der Waals surface area contributed by atoms with E-state index in [1.807, 2.05) is 6.92 Å². The minimum absolute atomic E-state index is 0.190. The summed E-state index contributed by atoms with van der Waals surface area (Å²) in [5.74, 6) is -1.46. The first-order chi connectivity index (χ1) is 10.4. The van der Waals surface area contributed by atoms with E-state index < -0.39 is 36.4 Å². The number of rotatable bonds is 6. The molecule has 10 heteroatoms. The molecule has 1 aliphatic rings. The number of carbonyl (C=O) groups excluding carboxylic acids is 2. The molecule has 0 saturated carbocycles. The van der Waals surface area contributed by atoms with E-state index in [0.29, 0.717) is 6.42 Å². The van der Waals surface area contributed by atoms with Crippen molar-refractivity contribution < 1.29 is 29.3 Å². The van der Waals surface area contributed by atoms with Crippen LogP contribution in [0.15, 0.2) is 6.33 Å². The Morgan fingerprint density at radius 2 is 2.18 bits per heavy atom. The smallest absolute Gasteiger partial charge is 0.305 e. The van der Waals surface area contributed by atoms with Crippen LogP contribution < -0.4 is 5.73 Å². The Morgan fingerprint density at radius 1 is 1.45 bits per heavy atom. The lowest BCUT2D eigenvalue weighted by atomic mass is 10.1. The van der Waals surface area contributed by atoms with E-state index in [1.54, 1.807) is 0 Å². The molecule has 1 aromatic rings. The van der Waals surface area contributed by atoms with Gasteiger partial charge in [0.25, 0.3) is 5.91 Å². The van der Waals surface area contributed by atoms with E-state index in [4.69, 9.17) is 15.2 Å². The number of hydrogen-bond acceptors (Lipinski definition) is 8. The van der Waals surface area contributed by atoms with Crippen LogP contribution in [0.2, 0.25) is 0 Å². The van der Waals surface area contributed by atoms with Crippen molar-refractivity contribution in [3.8, 4) is 0 Å². The van der Waals surface area contributed by atoms with Crippen LogP contribution in [-0.4, -0.2) is 61.8 Å². The summed E-state index contributed by atoms with van der Waals surface area (Å²) in [5.41, 5.74) is 5.04. The molecule has 122 valence electrons. The fraction of sp³-hybridized carbons (Fsp3) is 0.667. The quantitative estimate of drug-likeness (QED) is 0.528. The van der Waals surface area contributed by atoms with Crippen LogP contribution in [0.4, 0.5) is 0 Å². The van der Waals surface area contributed by atoms with E-state index in [2.05, 4.69) is 10.1 Å². The van der Waals surface area contributed by atoms with Gasteiger partial charge in [0.15, 0.2) is 6.23 Å². The Bertz CT molecular complexity index is 547. The molecule has 0 radical (unpaired) electrons. The van der Waals surface area contributed by atoms with E-state index in [-0.39, 0.29) is 18.9 Å². The molecule has 1 fully saturated rings. The first kappa shape index (κ1) is 16.3. The standard InChI is InChI=1S/C12H18N4O6/c1-2-3-7(17)21-4-6-8(18)9(19)12(22-6)16-5-14-11(15-16)10(13)20/h5-6,8-9,12,18-19H,2-4H2,1H3,(H2,13,20)/t6-,8-,9+,12+/m1/s1. The first-order valence-electron chi connectivity index (χ1n) is 6.82. The molecule has 10 nitrogen and oxygen atoms in total. The summed E-state index contributed by atoms with van der Waals surface area (Å²) >= 11 is 0. The van der Waals surface area contributed by atoms with Gasteiger partial charge in [-0.2, -0.15) is 0 Å². The minimum Gasteiger partial charge on any atom is -0.463 e. The van der Waals surface area contributed by atoms with Gasteiger partial charge in [-0.25, -0.2) is 9.67 Å². The van der Waals surface area contributed by atoms with Crippen LogP contribution in [0.25, 0.3) is 0 Å². The molecule has 2 heterocycles. The third-order valence-corrected chi connectivity index (χ3v) is 3.19. The van der Waals surface area contributed by atoms with Gasteiger partial charge in [0.05, 0.1) is 0 Å². The highest BCUT2D eigenvalue weighted by molar-refractivity contribution is 5.88. The van der Waals surface area contributed by atoms with Crippen LogP contribution in [0.3, 0.4) is 0 Å². The summed E-state index contributed by atoms with van der Waals surface area (Å²) < 4.78 is 11.5. The summed E-state index contributed by atoms with van der Waals surface area (Å²) in [4.78, 5) is 25.9. The van der Waals surface area contributed by atoms with Crippen molar-refractivity contribution in [1.29, 1.82) is 0 Å². The summed E-state index contributed by atoms with van der Waals surface area (Å²) in [7, 11) is 0. The zero-order chi connectivity index (χ0) is 16.3. The lowest BCUT2D eigenvalue weighted by Crippen LogP contribution is -2.34. The van der Waals surface area contributed by atoms with Crippen molar-refractivity contribution in [2.45, 2.75) is 44.3 Å². The molecule has 0 bridgehead atoms. The molecule has 22 heavy (non-hydrogen) atoms. The van der Waals surface area contributed by atoms with Gasteiger partial charge in [-0.3, -0.25) is 9.59 Å². The second-order valence-corrected chi connectivity index (χ2v) is 4.89. The second kappa shape index (κ2) is 6.81. The number of amides is 1. The van der Waals surface area contributed by atoms with Crippen molar-refractivity contribution in [1.82, 2.24) is 14.8 Å². The predicted molar refractivity (Wildman–Crippen MR) is 70.3 cm³/mol. The summed E-state index contributed by atoms with van der Waals surface area (Å²) in [6.45, 7) is 1.65. The van der Waals surface area contributed by atoms with Crippen molar-refractivity contribution in [2.75, 3.05) is 6.61 Å². The van der Waals surface area contributed by atoms with Gasteiger partial charge < -0.3 is 25.4 Å². The van der Waals surface area contributed by atoms with Gasteiger partial charge in [-0.15, -0.1) is 5.10 Å². The van der Waals surface area contributed by atoms with Crippen molar-refractivity contribution >= 4 is 11.9 Å². The molecule has 0 aliphatic carbocycles. The molecule has 1 amide bonds. The van der Waals surface area contributed by atoms with Crippen molar-refractivity contribution in [3.05, 3.63) is 12.2 Å². The van der Waals surface area contributed by atoms with Crippen molar-refractivity contribution in [3.63, 3.8) is 0 Å². The third-order valence-electron chi connectivity index (χ3n) is 3.19. The monoisotopic (exact) mass is 314 g/mol. The molecule has 1 aromatic heterocycles. The maximum absolute atomic E-state index is 11.3. The van der Waals surface area contributed by atoms with Crippen LogP contribution >= 0.6 is 0 Å². The average Bonchev–Trinajstić information content (AvgIpc) is 3.05. The molecule has 4 N–H and O–H groups in total. The Balaban J connectivity index is 1.99. The van der Waals surface area contributed by atoms with Gasteiger partial charge in [0, 0.05) is 6.42 Å². The molecule has 1 saturated heterocycles. The van der Waals surface area contributed by atoms with E-state index >= 15 is 0 Å². The van der Waals surface area contributed by atoms with Gasteiger partial charge >= 0.3 is 5.97 Å². The molecular formula is C12H18N4O6. The first-order valence-corrected chi connectivity index (χ1v) is 6.82. The molecular weight excluding hydrogens is 296 g/mol. The maximum Gasteiger partial charge on any atom is 0.305 e. The van der Waals surface area contributed by atoms with Gasteiger partial charge in [0.2, 0.25) is 5.82 Å². The number of aromatic nitrogens is 3. The maximum atomic E-state index is 11.3. The van der Waals surface area contributed by atoms with Crippen LogP contribution in [-0.2, 0) is 14.3 Å². The average molecular weight is 314 g/mol. The largest absolute Gasteiger partial charge is 0.463 e. The zero-order valence-corrected chi connectivity index (χ0v) is 12.0. The molecule has 0 unspecified atom stereocenters. The number of ether oxygens (including phenoxy) is 2. The Morgan fingerprint density at radius 3 is 2.77 bits per heavy atom. The highest BCUT2D eigenvalue weighted by Crippen LogP contribution is 2.28. The topological polar surface area (TPSA) is 150 Å². The number of aliphatic hydroxyl groups excluding tert-OH is 2. The Hall–Kier alpha value is -2.04. The van der Waals surface area contributed by atoms with Crippen LogP contribution in [0.1, 0.15) is 36.6 Å². The van der Waals surface area contributed by atoms with Gasteiger partial charge in [-0.05, 0) is 6.42 Å². The predicted octanol–water partition coefficient (Wildman–Crippen LogP) is -1.66. The molecule has 0 aromatic carbocycles. The molecule has 4 atom stereocenters. The van der Waals surface area contributed by atoms with Crippen molar-refractivity contribution in [2.24, 2.45) is 5.73 Å². The number of hydrogen-bond donors (Lipinski definition) is 3. The number of carbonyl (C=O) groups is 2. The highest BCUT2D eigenvalue weighted by atomic mass is 16.6. The number of esters is 1. The molecule has 0 spiro atoms. The lowest BCUT2D eigenvalue weighted by molar-refractivity contribution is -0.150. The van der Waals surface area contributed by atoms with Crippen LogP contribution in [0, 0.1) is 0 Å². The van der Waals surface area contributed by atoms with Gasteiger partial charge in [-0.1, -0.05) is 6.92 Å². The fourth-order valence-corrected chi connectivity index (χ4v) is 2.05. The second-order valence-electron chi connectivity index (χ2n) is 4.89. The Labute approximate surface area is 125 Å². The van der Waals surface area contributed by atoms with E-state index in [9.17, 15) is 19.8 Å². The van der Waals surface area contributed by atoms with Gasteiger partial charge in [0.1, 0.15) is 31.2 Å². The summed E-state index contributed by atoms with van der Waals surface area (Å²) in [6, 6.07) is 0.